The lowest BCUT2D eigenvalue weighted by atomic mass is 10.1. The van der Waals surface area contributed by atoms with Crippen molar-refractivity contribution in [2.24, 2.45) is 0 Å². The summed E-state index contributed by atoms with van der Waals surface area (Å²) in [5, 5.41) is 2.71. The van der Waals surface area contributed by atoms with Gasteiger partial charge in [-0.15, -0.1) is 0 Å². The third kappa shape index (κ3) is 4.15. The molecule has 7 heteroatoms. The Morgan fingerprint density at radius 3 is 2.71 bits per heavy atom. The van der Waals surface area contributed by atoms with Crippen LogP contribution in [-0.2, 0) is 11.3 Å². The van der Waals surface area contributed by atoms with E-state index in [0.29, 0.717) is 12.1 Å². The van der Waals surface area contributed by atoms with E-state index in [1.165, 1.54) is 17.7 Å². The van der Waals surface area contributed by atoms with Gasteiger partial charge in [-0.2, -0.15) is 0 Å². The van der Waals surface area contributed by atoms with E-state index in [1.807, 2.05) is 6.07 Å². The smallest absolute Gasteiger partial charge is 0.289 e. The van der Waals surface area contributed by atoms with Crippen LogP contribution < -0.4 is 5.32 Å². The van der Waals surface area contributed by atoms with Gasteiger partial charge in [0.25, 0.3) is 11.1 Å². The molecule has 3 amide bonds. The molecule has 0 aliphatic carbocycles. The first-order chi connectivity index (χ1) is 11.6. The number of likely N-dealkylation sites (tertiary alicyclic amines) is 1. The first-order valence-corrected chi connectivity index (χ1v) is 9.18. The molecule has 128 valence electrons. The third-order valence-electron chi connectivity index (χ3n) is 4.28. The summed E-state index contributed by atoms with van der Waals surface area (Å²) in [4.78, 5) is 39.2. The molecule has 6 nitrogen and oxygen atoms in total. The van der Waals surface area contributed by atoms with Gasteiger partial charge in [-0.1, -0.05) is 23.9 Å². The van der Waals surface area contributed by atoms with Gasteiger partial charge in [0.05, 0.1) is 12.3 Å². The summed E-state index contributed by atoms with van der Waals surface area (Å²) in [5.41, 5.74) is 1.34. The van der Waals surface area contributed by atoms with E-state index >= 15 is 0 Å². The first kappa shape index (κ1) is 17.0. The molecule has 2 fully saturated rings. The Morgan fingerprint density at radius 1 is 1.21 bits per heavy atom. The molecular weight excluding hydrogens is 326 g/mol. The predicted molar refractivity (Wildman–Crippen MR) is 92.9 cm³/mol. The quantitative estimate of drug-likeness (QED) is 0.848. The van der Waals surface area contributed by atoms with Crippen molar-refractivity contribution in [1.29, 1.82) is 0 Å². The summed E-state index contributed by atoms with van der Waals surface area (Å²) < 4.78 is 0. The summed E-state index contributed by atoms with van der Waals surface area (Å²) in [6.45, 7) is 3.95. The zero-order chi connectivity index (χ0) is 16.9. The minimum absolute atomic E-state index is 0.121. The van der Waals surface area contributed by atoms with Crippen molar-refractivity contribution in [3.63, 3.8) is 0 Å². The number of carbonyl (C=O) groups is 3. The van der Waals surface area contributed by atoms with Crippen LogP contribution in [0.1, 0.15) is 28.8 Å². The second-order valence-electron chi connectivity index (χ2n) is 6.04. The number of rotatable bonds is 6. The standard InChI is InChI=1S/C17H21N3O3S/c21-15-12-24-17(23)20(15)11-13-4-3-5-14(10-13)16(22)18-6-9-19-7-1-2-8-19/h3-5,10H,1-2,6-9,11-12H2,(H,18,22). The van der Waals surface area contributed by atoms with Gasteiger partial charge in [-0.25, -0.2) is 0 Å². The van der Waals surface area contributed by atoms with E-state index in [1.54, 1.807) is 18.2 Å². The molecule has 0 unspecified atom stereocenters. The highest BCUT2D eigenvalue weighted by Crippen LogP contribution is 2.21. The number of imide groups is 1. The molecule has 2 aliphatic rings. The zero-order valence-electron chi connectivity index (χ0n) is 13.5. The van der Waals surface area contributed by atoms with Crippen LogP contribution in [0.25, 0.3) is 0 Å². The topological polar surface area (TPSA) is 69.7 Å². The van der Waals surface area contributed by atoms with Crippen molar-refractivity contribution in [2.45, 2.75) is 19.4 Å². The minimum atomic E-state index is -0.222. The van der Waals surface area contributed by atoms with Gasteiger partial charge in [0.1, 0.15) is 0 Å². The van der Waals surface area contributed by atoms with Crippen LogP contribution in [0.5, 0.6) is 0 Å². The van der Waals surface area contributed by atoms with E-state index in [-0.39, 0.29) is 29.4 Å². The minimum Gasteiger partial charge on any atom is -0.351 e. The Hall–Kier alpha value is -1.86. The Kier molecular flexibility index (Phi) is 5.52. The molecular formula is C17H21N3O3S. The molecule has 2 aliphatic heterocycles. The highest BCUT2D eigenvalue weighted by molar-refractivity contribution is 8.14. The van der Waals surface area contributed by atoms with Gasteiger partial charge in [0, 0.05) is 18.7 Å². The molecule has 1 aromatic rings. The molecule has 0 radical (unpaired) electrons. The number of nitrogens with one attached hydrogen (secondary N) is 1. The van der Waals surface area contributed by atoms with Gasteiger partial charge in [-0.05, 0) is 43.6 Å². The lowest BCUT2D eigenvalue weighted by molar-refractivity contribution is -0.125. The fourth-order valence-corrected chi connectivity index (χ4v) is 3.69. The van der Waals surface area contributed by atoms with Crippen LogP contribution in [0.3, 0.4) is 0 Å². The van der Waals surface area contributed by atoms with Crippen molar-refractivity contribution < 1.29 is 14.4 Å². The van der Waals surface area contributed by atoms with E-state index in [9.17, 15) is 14.4 Å². The summed E-state index contributed by atoms with van der Waals surface area (Å²) in [6, 6.07) is 7.10. The van der Waals surface area contributed by atoms with Gasteiger partial charge in [0.2, 0.25) is 5.91 Å². The number of thioether (sulfide) groups is 1. The molecule has 3 rings (SSSR count). The van der Waals surface area contributed by atoms with Gasteiger partial charge < -0.3 is 10.2 Å². The van der Waals surface area contributed by atoms with Gasteiger partial charge >= 0.3 is 0 Å². The summed E-state index contributed by atoms with van der Waals surface area (Å²) >= 11 is 1.02. The number of hydrogen-bond donors (Lipinski definition) is 1. The molecule has 2 saturated heterocycles. The number of benzene rings is 1. The highest BCUT2D eigenvalue weighted by atomic mass is 32.2. The monoisotopic (exact) mass is 347 g/mol. The lowest BCUT2D eigenvalue weighted by Crippen LogP contribution is -2.33. The van der Waals surface area contributed by atoms with Crippen LogP contribution in [0, 0.1) is 0 Å². The molecule has 1 N–H and O–H groups in total. The van der Waals surface area contributed by atoms with E-state index in [2.05, 4.69) is 10.2 Å². The average molecular weight is 347 g/mol. The lowest BCUT2D eigenvalue weighted by Gasteiger charge is -2.15. The Morgan fingerprint density at radius 2 is 2.00 bits per heavy atom. The van der Waals surface area contributed by atoms with E-state index in [0.717, 1.165) is 37.0 Å². The SMILES string of the molecule is O=C(NCCN1CCCC1)c1cccc(CN2C(=O)CSC2=O)c1. The van der Waals surface area contributed by atoms with Crippen molar-refractivity contribution in [1.82, 2.24) is 15.1 Å². The molecule has 0 spiro atoms. The normalized spacial score (nSPS) is 18.4. The molecule has 0 saturated carbocycles. The molecule has 2 heterocycles. The summed E-state index contributed by atoms with van der Waals surface area (Å²) in [6.07, 6.45) is 2.48. The largest absolute Gasteiger partial charge is 0.351 e. The van der Waals surface area contributed by atoms with Crippen LogP contribution in [0.2, 0.25) is 0 Å². The van der Waals surface area contributed by atoms with E-state index < -0.39 is 0 Å². The Labute approximate surface area is 145 Å². The van der Waals surface area contributed by atoms with Crippen molar-refractivity contribution in [2.75, 3.05) is 31.9 Å². The summed E-state index contributed by atoms with van der Waals surface area (Å²) in [5.74, 6) is -0.0924. The number of carbonyl (C=O) groups excluding carboxylic acids is 3. The predicted octanol–water partition coefficient (Wildman–Crippen LogP) is 1.71. The molecule has 0 aromatic heterocycles. The maximum Gasteiger partial charge on any atom is 0.289 e. The fraction of sp³-hybridized carbons (Fsp3) is 0.471. The molecule has 0 bridgehead atoms. The molecule has 1 aromatic carbocycles. The first-order valence-electron chi connectivity index (χ1n) is 8.20. The van der Waals surface area contributed by atoms with Crippen molar-refractivity contribution >= 4 is 28.8 Å². The van der Waals surface area contributed by atoms with Crippen molar-refractivity contribution in [3.05, 3.63) is 35.4 Å². The number of amides is 3. The molecule has 24 heavy (non-hydrogen) atoms. The Balaban J connectivity index is 1.54. The van der Waals surface area contributed by atoms with E-state index in [4.69, 9.17) is 0 Å². The fourth-order valence-electron chi connectivity index (χ4n) is 2.96. The Bertz CT molecular complexity index is 628. The molecule has 0 atom stereocenters. The van der Waals surface area contributed by atoms with Crippen LogP contribution >= 0.6 is 11.8 Å². The average Bonchev–Trinajstić information content (AvgIpc) is 3.20. The second kappa shape index (κ2) is 7.81. The summed E-state index contributed by atoms with van der Waals surface area (Å²) in [7, 11) is 0. The van der Waals surface area contributed by atoms with Crippen LogP contribution in [0.15, 0.2) is 24.3 Å². The maximum absolute atomic E-state index is 12.3. The van der Waals surface area contributed by atoms with Crippen LogP contribution in [-0.4, -0.2) is 58.8 Å². The maximum atomic E-state index is 12.3. The number of nitrogens with zero attached hydrogens (tertiary/aromatic N) is 2. The van der Waals surface area contributed by atoms with Gasteiger partial charge in [-0.3, -0.25) is 19.3 Å². The zero-order valence-corrected chi connectivity index (χ0v) is 14.3. The second-order valence-corrected chi connectivity index (χ2v) is 6.97. The number of hydrogen-bond acceptors (Lipinski definition) is 5. The van der Waals surface area contributed by atoms with Crippen molar-refractivity contribution in [3.8, 4) is 0 Å². The van der Waals surface area contributed by atoms with Crippen LogP contribution in [0.4, 0.5) is 4.79 Å². The third-order valence-corrected chi connectivity index (χ3v) is 5.14. The van der Waals surface area contributed by atoms with Gasteiger partial charge in [0.15, 0.2) is 0 Å². The highest BCUT2D eigenvalue weighted by Gasteiger charge is 2.29.